The number of hydrogen-bond donors (Lipinski definition) is 2. The Morgan fingerprint density at radius 2 is 1.65 bits per heavy atom. The van der Waals surface area contributed by atoms with Crippen LogP contribution in [-0.4, -0.2) is 50.7 Å². The van der Waals surface area contributed by atoms with Crippen LogP contribution < -0.4 is 10.6 Å². The van der Waals surface area contributed by atoms with Crippen LogP contribution in [0.5, 0.6) is 0 Å². The number of carbonyl (C=O) groups is 2. The molecule has 1 fully saturated rings. The molecule has 2 N–H and O–H groups in total. The van der Waals surface area contributed by atoms with Gasteiger partial charge in [-0.25, -0.2) is 8.42 Å². The molecule has 2 amide bonds. The number of nitrogens with zero attached hydrogens (tertiary/aromatic N) is 1. The lowest BCUT2D eigenvalue weighted by atomic mass is 9.98. The monoisotopic (exact) mass is 483 g/mol. The number of sulfonamides is 1. The molecule has 34 heavy (non-hydrogen) atoms. The molecule has 182 valence electrons. The summed E-state index contributed by atoms with van der Waals surface area (Å²) in [5, 5.41) is 5.67. The van der Waals surface area contributed by atoms with Gasteiger partial charge >= 0.3 is 0 Å². The third-order valence-electron chi connectivity index (χ3n) is 6.10. The zero-order valence-electron chi connectivity index (χ0n) is 19.4. The standard InChI is InChI=1S/C26H33N3O4S/c1-2-25(30)28-20-22-15-18-29(19-16-22)34(32,33)24-13-11-23(12-14-24)26(31)27-17-7-6-10-21-8-4-3-5-9-21/h2-5,8-9,11-14,22H,1,6-7,10,15-20H2,(H,27,31)(H,28,30). The van der Waals surface area contributed by atoms with Gasteiger partial charge in [0.2, 0.25) is 15.9 Å². The normalized spacial score (nSPS) is 14.9. The molecule has 3 rings (SSSR count). The molecule has 1 saturated heterocycles. The van der Waals surface area contributed by atoms with E-state index in [2.05, 4.69) is 29.3 Å². The Balaban J connectivity index is 1.44. The Kier molecular flexibility index (Phi) is 9.42. The van der Waals surface area contributed by atoms with Crippen molar-refractivity contribution in [3.8, 4) is 0 Å². The van der Waals surface area contributed by atoms with E-state index < -0.39 is 10.0 Å². The average Bonchev–Trinajstić information content (AvgIpc) is 2.88. The fourth-order valence-corrected chi connectivity index (χ4v) is 5.47. The molecule has 8 heteroatoms. The van der Waals surface area contributed by atoms with Gasteiger partial charge in [-0.2, -0.15) is 4.31 Å². The number of piperidine rings is 1. The highest BCUT2D eigenvalue weighted by molar-refractivity contribution is 7.89. The van der Waals surface area contributed by atoms with Crippen LogP contribution in [0.4, 0.5) is 0 Å². The van der Waals surface area contributed by atoms with Crippen molar-refractivity contribution in [3.63, 3.8) is 0 Å². The van der Waals surface area contributed by atoms with E-state index in [4.69, 9.17) is 0 Å². The molecular weight excluding hydrogens is 450 g/mol. The first-order valence-electron chi connectivity index (χ1n) is 11.7. The second kappa shape index (κ2) is 12.5. The van der Waals surface area contributed by atoms with Crippen molar-refractivity contribution in [2.75, 3.05) is 26.2 Å². The molecule has 1 heterocycles. The molecule has 0 aromatic heterocycles. The van der Waals surface area contributed by atoms with E-state index in [-0.39, 0.29) is 22.6 Å². The molecule has 1 aliphatic heterocycles. The van der Waals surface area contributed by atoms with E-state index in [9.17, 15) is 18.0 Å². The van der Waals surface area contributed by atoms with Gasteiger partial charge in [-0.15, -0.1) is 0 Å². The smallest absolute Gasteiger partial charge is 0.251 e. The van der Waals surface area contributed by atoms with Gasteiger partial charge in [0.1, 0.15) is 0 Å². The van der Waals surface area contributed by atoms with Crippen LogP contribution in [0.3, 0.4) is 0 Å². The Hall–Kier alpha value is -2.97. The topological polar surface area (TPSA) is 95.6 Å². The maximum atomic E-state index is 13.0. The molecular formula is C26H33N3O4S. The molecule has 0 atom stereocenters. The van der Waals surface area contributed by atoms with E-state index in [0.717, 1.165) is 19.3 Å². The number of amides is 2. The Morgan fingerprint density at radius 1 is 0.971 bits per heavy atom. The number of benzene rings is 2. The minimum absolute atomic E-state index is 0.185. The van der Waals surface area contributed by atoms with Crippen molar-refractivity contribution in [1.29, 1.82) is 0 Å². The predicted octanol–water partition coefficient (Wildman–Crippen LogP) is 3.14. The molecule has 2 aromatic rings. The van der Waals surface area contributed by atoms with E-state index in [0.29, 0.717) is 44.6 Å². The third-order valence-corrected chi connectivity index (χ3v) is 8.01. The predicted molar refractivity (Wildman–Crippen MR) is 133 cm³/mol. The summed E-state index contributed by atoms with van der Waals surface area (Å²) in [5.74, 6) is -0.175. The molecule has 0 spiro atoms. The summed E-state index contributed by atoms with van der Waals surface area (Å²) < 4.78 is 27.5. The van der Waals surface area contributed by atoms with Gasteiger partial charge in [0.15, 0.2) is 0 Å². The lowest BCUT2D eigenvalue weighted by Gasteiger charge is -2.31. The van der Waals surface area contributed by atoms with Crippen LogP contribution in [0.15, 0.2) is 72.1 Å². The average molecular weight is 484 g/mol. The molecule has 0 aliphatic carbocycles. The summed E-state index contributed by atoms with van der Waals surface area (Å²) in [6.07, 6.45) is 5.43. The zero-order chi connectivity index (χ0) is 24.4. The van der Waals surface area contributed by atoms with E-state index in [1.807, 2.05) is 18.2 Å². The summed E-state index contributed by atoms with van der Waals surface area (Å²) in [6, 6.07) is 16.3. The number of rotatable bonds is 11. The summed E-state index contributed by atoms with van der Waals surface area (Å²) >= 11 is 0. The molecule has 0 unspecified atom stereocenters. The Bertz CT molecular complexity index is 1060. The molecule has 2 aromatic carbocycles. The largest absolute Gasteiger partial charge is 0.352 e. The van der Waals surface area contributed by atoms with Crippen LogP contribution in [0, 0.1) is 5.92 Å². The minimum Gasteiger partial charge on any atom is -0.352 e. The number of aryl methyl sites for hydroxylation is 1. The maximum absolute atomic E-state index is 13.0. The zero-order valence-corrected chi connectivity index (χ0v) is 20.2. The van der Waals surface area contributed by atoms with Crippen LogP contribution in [-0.2, 0) is 21.2 Å². The lowest BCUT2D eigenvalue weighted by Crippen LogP contribution is -2.41. The van der Waals surface area contributed by atoms with E-state index in [1.54, 1.807) is 12.1 Å². The molecule has 1 aliphatic rings. The first kappa shape index (κ1) is 25.6. The van der Waals surface area contributed by atoms with Crippen LogP contribution >= 0.6 is 0 Å². The van der Waals surface area contributed by atoms with Gasteiger partial charge in [0, 0.05) is 31.7 Å². The number of carbonyl (C=O) groups excluding carboxylic acids is 2. The van der Waals surface area contributed by atoms with Crippen LogP contribution in [0.25, 0.3) is 0 Å². The number of nitrogens with one attached hydrogen (secondary N) is 2. The fourth-order valence-electron chi connectivity index (χ4n) is 4.00. The quantitative estimate of drug-likeness (QED) is 0.379. The first-order valence-corrected chi connectivity index (χ1v) is 13.2. The van der Waals surface area contributed by atoms with Crippen molar-refractivity contribution in [2.45, 2.75) is 37.0 Å². The minimum atomic E-state index is -3.62. The van der Waals surface area contributed by atoms with Gasteiger partial charge < -0.3 is 10.6 Å². The van der Waals surface area contributed by atoms with Crippen molar-refractivity contribution >= 4 is 21.8 Å². The SMILES string of the molecule is C=CC(=O)NCC1CCN(S(=O)(=O)c2ccc(C(=O)NCCCCc3ccccc3)cc2)CC1. The van der Waals surface area contributed by atoms with Crippen molar-refractivity contribution in [3.05, 3.63) is 78.4 Å². The Labute approximate surface area is 202 Å². The molecule has 0 bridgehead atoms. The molecule has 7 nitrogen and oxygen atoms in total. The van der Waals surface area contributed by atoms with Crippen molar-refractivity contribution in [2.24, 2.45) is 5.92 Å². The highest BCUT2D eigenvalue weighted by Gasteiger charge is 2.29. The highest BCUT2D eigenvalue weighted by Crippen LogP contribution is 2.24. The summed E-state index contributed by atoms with van der Waals surface area (Å²) in [5.41, 5.74) is 1.73. The Morgan fingerprint density at radius 3 is 2.29 bits per heavy atom. The van der Waals surface area contributed by atoms with E-state index >= 15 is 0 Å². The number of unbranched alkanes of at least 4 members (excludes halogenated alkanes) is 1. The second-order valence-corrected chi connectivity index (χ2v) is 10.5. The molecule has 0 saturated carbocycles. The van der Waals surface area contributed by atoms with Gasteiger partial charge in [0.25, 0.3) is 5.91 Å². The van der Waals surface area contributed by atoms with E-state index in [1.165, 1.54) is 28.1 Å². The molecule has 0 radical (unpaired) electrons. The van der Waals surface area contributed by atoms with Crippen LogP contribution in [0.2, 0.25) is 0 Å². The van der Waals surface area contributed by atoms with Gasteiger partial charge in [-0.05, 0) is 73.9 Å². The van der Waals surface area contributed by atoms with Crippen molar-refractivity contribution in [1.82, 2.24) is 14.9 Å². The van der Waals surface area contributed by atoms with Gasteiger partial charge in [0.05, 0.1) is 4.90 Å². The van der Waals surface area contributed by atoms with Crippen molar-refractivity contribution < 1.29 is 18.0 Å². The van der Waals surface area contributed by atoms with Crippen LogP contribution in [0.1, 0.15) is 41.6 Å². The fraction of sp³-hybridized carbons (Fsp3) is 0.385. The summed E-state index contributed by atoms with van der Waals surface area (Å²) in [7, 11) is -3.62. The maximum Gasteiger partial charge on any atom is 0.251 e. The first-order chi connectivity index (χ1) is 16.4. The third kappa shape index (κ3) is 7.27. The summed E-state index contributed by atoms with van der Waals surface area (Å²) in [4.78, 5) is 23.9. The second-order valence-electron chi connectivity index (χ2n) is 8.52. The summed E-state index contributed by atoms with van der Waals surface area (Å²) in [6.45, 7) is 5.34. The number of hydrogen-bond acceptors (Lipinski definition) is 4. The highest BCUT2D eigenvalue weighted by atomic mass is 32.2. The lowest BCUT2D eigenvalue weighted by molar-refractivity contribution is -0.116. The van der Waals surface area contributed by atoms with Gasteiger partial charge in [-0.3, -0.25) is 9.59 Å². The van der Waals surface area contributed by atoms with Gasteiger partial charge in [-0.1, -0.05) is 36.9 Å².